The first-order chi connectivity index (χ1) is 18.0. The summed E-state index contributed by atoms with van der Waals surface area (Å²) in [5.41, 5.74) is 8.84. The highest BCUT2D eigenvalue weighted by Crippen LogP contribution is 2.39. The molecule has 1 aliphatic heterocycles. The number of hydrogen-bond acceptors (Lipinski definition) is 4. The Kier molecular flexibility index (Phi) is 7.70. The van der Waals surface area contributed by atoms with E-state index in [9.17, 15) is 32.7 Å². The maximum absolute atomic E-state index is 14.3. The molecule has 2 unspecified atom stereocenters. The predicted molar refractivity (Wildman–Crippen MR) is 130 cm³/mol. The Morgan fingerprint density at radius 1 is 1.21 bits per heavy atom. The van der Waals surface area contributed by atoms with Crippen LogP contribution in [0.1, 0.15) is 30.9 Å². The molecule has 3 atom stereocenters. The molecule has 200 valence electrons. The molecule has 14 heteroatoms. The van der Waals surface area contributed by atoms with Crippen LogP contribution in [0.5, 0.6) is 0 Å². The van der Waals surface area contributed by atoms with Gasteiger partial charge in [0.25, 0.3) is 11.8 Å². The summed E-state index contributed by atoms with van der Waals surface area (Å²) >= 11 is 6.39. The van der Waals surface area contributed by atoms with Crippen LogP contribution in [0, 0.1) is 5.82 Å². The van der Waals surface area contributed by atoms with E-state index in [1.54, 1.807) is 12.1 Å². The Morgan fingerprint density at radius 2 is 1.92 bits per heavy atom. The number of anilines is 1. The van der Waals surface area contributed by atoms with Crippen LogP contribution in [0.2, 0.25) is 5.02 Å². The standard InChI is InChI=1S/C24H22ClF3N6O4/c25-18-7-2-1-6-17(18)20(21(35)30-15-10-24(27,28)11-15)34(16-5-3-4-13(26)8-16)22(36)19-9-14(31-32-29)12-33(19)23(37)38/h1-8,14-15,19-20H,9-12H2,(H,30,35)(H,37,38)/t14?,19?,20-/m0/s1. The van der Waals surface area contributed by atoms with Gasteiger partial charge >= 0.3 is 6.09 Å². The van der Waals surface area contributed by atoms with Gasteiger partial charge in [-0.05, 0) is 36.2 Å². The van der Waals surface area contributed by atoms with Gasteiger partial charge in [0.05, 0.1) is 6.04 Å². The third-order valence-electron chi connectivity index (χ3n) is 6.49. The van der Waals surface area contributed by atoms with Crippen molar-refractivity contribution in [1.82, 2.24) is 10.2 Å². The molecule has 3 amide bonds. The summed E-state index contributed by atoms with van der Waals surface area (Å²) in [6.45, 7) is -0.271. The molecule has 2 aromatic carbocycles. The molecular weight excluding hydrogens is 529 g/mol. The van der Waals surface area contributed by atoms with E-state index < -0.39 is 66.7 Å². The van der Waals surface area contributed by atoms with Crippen molar-refractivity contribution in [3.8, 4) is 0 Å². The van der Waals surface area contributed by atoms with Crippen molar-refractivity contribution in [2.45, 2.75) is 49.4 Å². The predicted octanol–water partition coefficient (Wildman–Crippen LogP) is 4.90. The normalized spacial score (nSPS) is 21.1. The van der Waals surface area contributed by atoms with E-state index in [1.807, 2.05) is 0 Å². The number of hydrogen-bond donors (Lipinski definition) is 2. The monoisotopic (exact) mass is 550 g/mol. The molecule has 0 radical (unpaired) electrons. The highest BCUT2D eigenvalue weighted by Gasteiger charge is 2.49. The number of azide groups is 1. The summed E-state index contributed by atoms with van der Waals surface area (Å²) in [5.74, 6) is -5.45. The molecule has 2 aliphatic rings. The number of carboxylic acid groups (broad SMARTS) is 1. The largest absolute Gasteiger partial charge is 0.465 e. The van der Waals surface area contributed by atoms with Gasteiger partial charge in [0, 0.05) is 46.6 Å². The van der Waals surface area contributed by atoms with Crippen LogP contribution in [0.25, 0.3) is 10.4 Å². The highest BCUT2D eigenvalue weighted by molar-refractivity contribution is 6.31. The fraction of sp³-hybridized carbons (Fsp3) is 0.375. The lowest BCUT2D eigenvalue weighted by atomic mass is 9.87. The first-order valence-electron chi connectivity index (χ1n) is 11.6. The lowest BCUT2D eigenvalue weighted by molar-refractivity contribution is -0.133. The number of amides is 3. The molecule has 38 heavy (non-hydrogen) atoms. The van der Waals surface area contributed by atoms with Crippen molar-refractivity contribution >= 4 is 35.2 Å². The van der Waals surface area contributed by atoms with Crippen molar-refractivity contribution in [2.75, 3.05) is 11.4 Å². The number of carbonyl (C=O) groups excluding carboxylic acids is 2. The number of benzene rings is 2. The molecule has 1 saturated heterocycles. The molecular formula is C24H22ClF3N6O4. The molecule has 4 rings (SSSR count). The van der Waals surface area contributed by atoms with E-state index in [-0.39, 0.29) is 29.2 Å². The van der Waals surface area contributed by atoms with E-state index in [4.69, 9.17) is 17.1 Å². The second-order valence-electron chi connectivity index (χ2n) is 9.13. The van der Waals surface area contributed by atoms with E-state index in [0.29, 0.717) is 0 Å². The summed E-state index contributed by atoms with van der Waals surface area (Å²) in [4.78, 5) is 44.0. The Balaban J connectivity index is 1.81. The quantitative estimate of drug-likeness (QED) is 0.287. The first kappa shape index (κ1) is 27.1. The highest BCUT2D eigenvalue weighted by atomic mass is 35.5. The summed E-state index contributed by atoms with van der Waals surface area (Å²) in [5, 5.41) is 15.8. The molecule has 1 saturated carbocycles. The summed E-state index contributed by atoms with van der Waals surface area (Å²) < 4.78 is 41.3. The van der Waals surface area contributed by atoms with Crippen LogP contribution in [-0.2, 0) is 9.59 Å². The van der Waals surface area contributed by atoms with Crippen molar-refractivity contribution in [2.24, 2.45) is 5.11 Å². The molecule has 0 bridgehead atoms. The molecule has 2 aromatic rings. The average molecular weight is 551 g/mol. The van der Waals surface area contributed by atoms with Gasteiger partial charge in [-0.15, -0.1) is 0 Å². The average Bonchev–Trinajstić information content (AvgIpc) is 3.26. The fourth-order valence-electron chi connectivity index (χ4n) is 4.74. The molecule has 0 spiro atoms. The zero-order chi connectivity index (χ0) is 27.6. The van der Waals surface area contributed by atoms with Crippen LogP contribution < -0.4 is 10.2 Å². The van der Waals surface area contributed by atoms with Gasteiger partial charge in [-0.3, -0.25) is 19.4 Å². The van der Waals surface area contributed by atoms with Gasteiger partial charge in [0.2, 0.25) is 5.91 Å². The smallest absolute Gasteiger partial charge is 0.407 e. The van der Waals surface area contributed by atoms with Gasteiger partial charge in [-0.1, -0.05) is 41.0 Å². The number of nitrogens with zero attached hydrogens (tertiary/aromatic N) is 5. The summed E-state index contributed by atoms with van der Waals surface area (Å²) in [7, 11) is 0. The van der Waals surface area contributed by atoms with Crippen LogP contribution in [0.15, 0.2) is 53.6 Å². The number of halogens is 4. The number of carbonyl (C=O) groups is 3. The zero-order valence-corrected chi connectivity index (χ0v) is 20.4. The second-order valence-corrected chi connectivity index (χ2v) is 9.53. The lowest BCUT2D eigenvalue weighted by Gasteiger charge is -2.39. The van der Waals surface area contributed by atoms with Crippen molar-refractivity contribution < 1.29 is 32.7 Å². The van der Waals surface area contributed by atoms with Crippen molar-refractivity contribution in [3.05, 3.63) is 75.4 Å². The van der Waals surface area contributed by atoms with Gasteiger partial charge in [0.15, 0.2) is 0 Å². The molecule has 2 N–H and O–H groups in total. The number of rotatable bonds is 7. The molecule has 10 nitrogen and oxygen atoms in total. The van der Waals surface area contributed by atoms with Crippen LogP contribution >= 0.6 is 11.6 Å². The minimum absolute atomic E-state index is 0.0641. The van der Waals surface area contributed by atoms with Gasteiger partial charge in [-0.2, -0.15) is 0 Å². The Hall–Kier alpha value is -3.96. The lowest BCUT2D eigenvalue weighted by Crippen LogP contribution is -2.56. The first-order valence-corrected chi connectivity index (χ1v) is 11.9. The van der Waals surface area contributed by atoms with Gasteiger partial charge in [0.1, 0.15) is 17.9 Å². The third-order valence-corrected chi connectivity index (χ3v) is 6.84. The van der Waals surface area contributed by atoms with Crippen LogP contribution in [0.4, 0.5) is 23.7 Å². The van der Waals surface area contributed by atoms with E-state index in [1.165, 1.54) is 24.3 Å². The van der Waals surface area contributed by atoms with Crippen molar-refractivity contribution in [1.29, 1.82) is 0 Å². The van der Waals surface area contributed by atoms with Crippen molar-refractivity contribution in [3.63, 3.8) is 0 Å². The maximum Gasteiger partial charge on any atom is 0.407 e. The van der Waals surface area contributed by atoms with E-state index in [0.717, 1.165) is 21.9 Å². The minimum atomic E-state index is -2.93. The Bertz CT molecular complexity index is 1300. The molecule has 2 fully saturated rings. The molecule has 1 heterocycles. The number of alkyl halides is 2. The fourth-order valence-corrected chi connectivity index (χ4v) is 4.98. The molecule has 0 aromatic heterocycles. The summed E-state index contributed by atoms with van der Waals surface area (Å²) in [6, 6.07) is 6.09. The van der Waals surface area contributed by atoms with Gasteiger partial charge in [-0.25, -0.2) is 18.0 Å². The van der Waals surface area contributed by atoms with Gasteiger partial charge < -0.3 is 10.4 Å². The van der Waals surface area contributed by atoms with Crippen LogP contribution in [-0.4, -0.2) is 58.5 Å². The second kappa shape index (κ2) is 10.8. The van der Waals surface area contributed by atoms with E-state index >= 15 is 0 Å². The maximum atomic E-state index is 14.3. The number of nitrogens with one attached hydrogen (secondary N) is 1. The van der Waals surface area contributed by atoms with E-state index in [2.05, 4.69) is 15.3 Å². The SMILES string of the molecule is [N-]=[N+]=NC1CC(C(=O)N(c2cccc(F)c2)[C@H](C(=O)NC2CC(F)(F)C2)c2ccccc2Cl)N(C(=O)O)C1. The third kappa shape index (κ3) is 5.63. The van der Waals surface area contributed by atoms with Crippen LogP contribution in [0.3, 0.4) is 0 Å². The zero-order valence-electron chi connectivity index (χ0n) is 19.7. The molecule has 1 aliphatic carbocycles. The Labute approximate surface area is 219 Å². The minimum Gasteiger partial charge on any atom is -0.465 e. The number of likely N-dealkylation sites (tertiary alicyclic amines) is 1. The summed E-state index contributed by atoms with van der Waals surface area (Å²) in [6.07, 6.45) is -2.84. The Morgan fingerprint density at radius 3 is 2.53 bits per heavy atom. The topological polar surface area (TPSA) is 139 Å².